The van der Waals surface area contributed by atoms with Gasteiger partial charge >= 0.3 is 0 Å². The van der Waals surface area contributed by atoms with Crippen LogP contribution >= 0.6 is 0 Å². The van der Waals surface area contributed by atoms with Crippen LogP contribution in [0.2, 0.25) is 0 Å². The van der Waals surface area contributed by atoms with Crippen molar-refractivity contribution in [2.75, 3.05) is 0 Å². The quantitative estimate of drug-likeness (QED) is 0.525. The molecule has 1 aliphatic carbocycles. The highest BCUT2D eigenvalue weighted by Gasteiger charge is 2.18. The summed E-state index contributed by atoms with van der Waals surface area (Å²) in [5, 5.41) is 0. The Morgan fingerprint density at radius 1 is 1.31 bits per heavy atom. The van der Waals surface area contributed by atoms with Crippen molar-refractivity contribution in [3.8, 4) is 0 Å². The van der Waals surface area contributed by atoms with E-state index >= 15 is 0 Å². The lowest BCUT2D eigenvalue weighted by Gasteiger charge is -2.22. The fraction of sp³-hybridized carbons (Fsp3) is 0.833. The summed E-state index contributed by atoms with van der Waals surface area (Å²) >= 11 is 0. The van der Waals surface area contributed by atoms with Crippen LogP contribution in [0.4, 0.5) is 0 Å². The van der Waals surface area contributed by atoms with Crippen LogP contribution in [0.1, 0.15) is 51.9 Å². The molecule has 1 nitrogen and oxygen atoms in total. The molecule has 13 heavy (non-hydrogen) atoms. The highest BCUT2D eigenvalue weighted by Crippen LogP contribution is 2.26. The Balaban J connectivity index is 2.34. The largest absolute Gasteiger partial charge is 0.327 e. The molecule has 1 atom stereocenters. The minimum atomic E-state index is 0.371. The monoisotopic (exact) mass is 181 g/mol. The van der Waals surface area contributed by atoms with Crippen LogP contribution in [0.15, 0.2) is 12.2 Å². The molecule has 0 saturated heterocycles. The van der Waals surface area contributed by atoms with Crippen molar-refractivity contribution in [2.45, 2.75) is 57.9 Å². The van der Waals surface area contributed by atoms with E-state index in [2.05, 4.69) is 13.5 Å². The molecule has 0 radical (unpaired) electrons. The van der Waals surface area contributed by atoms with Crippen molar-refractivity contribution in [1.29, 1.82) is 0 Å². The number of rotatable bonds is 3. The van der Waals surface area contributed by atoms with Gasteiger partial charge in [-0.2, -0.15) is 0 Å². The Kier molecular flexibility index (Phi) is 4.51. The highest BCUT2D eigenvalue weighted by molar-refractivity contribution is 4.94. The zero-order chi connectivity index (χ0) is 9.68. The zero-order valence-electron chi connectivity index (χ0n) is 8.89. The molecule has 1 fully saturated rings. The van der Waals surface area contributed by atoms with Crippen molar-refractivity contribution in [3.05, 3.63) is 12.2 Å². The maximum Gasteiger partial charge on any atom is 0.0104 e. The van der Waals surface area contributed by atoms with Crippen LogP contribution in [0, 0.1) is 5.92 Å². The minimum Gasteiger partial charge on any atom is -0.327 e. The van der Waals surface area contributed by atoms with Crippen molar-refractivity contribution >= 4 is 0 Å². The molecule has 0 amide bonds. The standard InChI is InChI=1S/C12H23N/c1-10(2)9-12(13)11-7-5-3-4-6-8-11/h11-12H,1,3-9,13H2,2H3. The average molecular weight is 181 g/mol. The molecule has 0 heterocycles. The summed E-state index contributed by atoms with van der Waals surface area (Å²) in [6.45, 7) is 6.01. The van der Waals surface area contributed by atoms with E-state index in [9.17, 15) is 0 Å². The molecule has 0 aromatic heterocycles. The molecule has 0 spiro atoms. The Labute approximate surface area is 82.4 Å². The maximum absolute atomic E-state index is 6.16. The lowest BCUT2D eigenvalue weighted by atomic mass is 9.89. The first kappa shape index (κ1) is 10.8. The van der Waals surface area contributed by atoms with E-state index in [1.54, 1.807) is 0 Å². The Morgan fingerprint density at radius 3 is 2.31 bits per heavy atom. The van der Waals surface area contributed by atoms with Gasteiger partial charge in [0.25, 0.3) is 0 Å². The van der Waals surface area contributed by atoms with Crippen LogP contribution in [0.5, 0.6) is 0 Å². The number of nitrogens with two attached hydrogens (primary N) is 1. The van der Waals surface area contributed by atoms with E-state index in [1.807, 2.05) is 0 Å². The molecule has 76 valence electrons. The van der Waals surface area contributed by atoms with Gasteiger partial charge in [-0.3, -0.25) is 0 Å². The van der Waals surface area contributed by atoms with Gasteiger partial charge in [0.1, 0.15) is 0 Å². The van der Waals surface area contributed by atoms with E-state index < -0.39 is 0 Å². The van der Waals surface area contributed by atoms with Crippen LogP contribution in [0.3, 0.4) is 0 Å². The van der Waals surface area contributed by atoms with Crippen molar-refractivity contribution < 1.29 is 0 Å². The average Bonchev–Trinajstić information content (AvgIpc) is 2.29. The minimum absolute atomic E-state index is 0.371. The zero-order valence-corrected chi connectivity index (χ0v) is 8.89. The predicted molar refractivity (Wildman–Crippen MR) is 58.6 cm³/mol. The molecule has 1 saturated carbocycles. The first-order chi connectivity index (χ1) is 6.20. The molecule has 2 N–H and O–H groups in total. The SMILES string of the molecule is C=C(C)CC(N)C1CCCCCC1. The first-order valence-electron chi connectivity index (χ1n) is 5.60. The Hall–Kier alpha value is -0.300. The molecule has 0 aliphatic heterocycles. The number of hydrogen-bond donors (Lipinski definition) is 1. The summed E-state index contributed by atoms with van der Waals surface area (Å²) in [5.41, 5.74) is 7.39. The maximum atomic E-state index is 6.16. The molecule has 1 unspecified atom stereocenters. The second-order valence-electron chi connectivity index (χ2n) is 4.58. The van der Waals surface area contributed by atoms with E-state index in [4.69, 9.17) is 5.73 Å². The van der Waals surface area contributed by atoms with E-state index in [1.165, 1.54) is 44.1 Å². The topological polar surface area (TPSA) is 26.0 Å². The van der Waals surface area contributed by atoms with Gasteiger partial charge in [0.15, 0.2) is 0 Å². The molecule has 0 aromatic carbocycles. The number of hydrogen-bond acceptors (Lipinski definition) is 1. The summed E-state index contributed by atoms with van der Waals surface area (Å²) in [5.74, 6) is 0.763. The normalized spacial score (nSPS) is 22.3. The van der Waals surface area contributed by atoms with Crippen molar-refractivity contribution in [2.24, 2.45) is 11.7 Å². The van der Waals surface area contributed by atoms with Crippen LogP contribution in [-0.4, -0.2) is 6.04 Å². The molecule has 0 aromatic rings. The van der Waals surface area contributed by atoms with Gasteiger partial charge < -0.3 is 5.73 Å². The van der Waals surface area contributed by atoms with Gasteiger partial charge in [-0.1, -0.05) is 31.3 Å². The molecule has 1 heteroatoms. The summed E-state index contributed by atoms with van der Waals surface area (Å²) < 4.78 is 0. The van der Waals surface area contributed by atoms with Crippen molar-refractivity contribution in [1.82, 2.24) is 0 Å². The molecular weight excluding hydrogens is 158 g/mol. The third kappa shape index (κ3) is 3.95. The smallest absolute Gasteiger partial charge is 0.0104 e. The lowest BCUT2D eigenvalue weighted by Crippen LogP contribution is -2.29. The van der Waals surface area contributed by atoms with Crippen molar-refractivity contribution in [3.63, 3.8) is 0 Å². The molecule has 1 aliphatic rings. The Bertz CT molecular complexity index is 155. The summed E-state index contributed by atoms with van der Waals surface area (Å²) in [4.78, 5) is 0. The van der Waals surface area contributed by atoms with Crippen LogP contribution in [0.25, 0.3) is 0 Å². The van der Waals surface area contributed by atoms with Crippen LogP contribution in [-0.2, 0) is 0 Å². The molecule has 1 rings (SSSR count). The fourth-order valence-electron chi connectivity index (χ4n) is 2.31. The summed E-state index contributed by atoms with van der Waals surface area (Å²) in [6, 6.07) is 0.371. The molecular formula is C12H23N. The first-order valence-corrected chi connectivity index (χ1v) is 5.60. The van der Waals surface area contributed by atoms with Crippen LogP contribution < -0.4 is 5.73 Å². The summed E-state index contributed by atoms with van der Waals surface area (Å²) in [7, 11) is 0. The summed E-state index contributed by atoms with van der Waals surface area (Å²) in [6.07, 6.45) is 9.29. The second kappa shape index (κ2) is 5.43. The van der Waals surface area contributed by atoms with Gasteiger partial charge in [-0.15, -0.1) is 6.58 Å². The van der Waals surface area contributed by atoms with E-state index in [-0.39, 0.29) is 0 Å². The Morgan fingerprint density at radius 2 is 1.85 bits per heavy atom. The predicted octanol–water partition coefficient (Wildman–Crippen LogP) is 3.25. The van der Waals surface area contributed by atoms with Gasteiger partial charge in [0.2, 0.25) is 0 Å². The van der Waals surface area contributed by atoms with E-state index in [0.29, 0.717) is 6.04 Å². The third-order valence-corrected chi connectivity index (χ3v) is 3.09. The fourth-order valence-corrected chi connectivity index (χ4v) is 2.31. The lowest BCUT2D eigenvalue weighted by molar-refractivity contribution is 0.372. The molecule has 0 bridgehead atoms. The van der Waals surface area contributed by atoms with Gasteiger partial charge in [0.05, 0.1) is 0 Å². The van der Waals surface area contributed by atoms with E-state index in [0.717, 1.165) is 12.3 Å². The van der Waals surface area contributed by atoms with Gasteiger partial charge in [0, 0.05) is 6.04 Å². The third-order valence-electron chi connectivity index (χ3n) is 3.09. The van der Waals surface area contributed by atoms with Gasteiger partial charge in [-0.25, -0.2) is 0 Å². The highest BCUT2D eigenvalue weighted by atomic mass is 14.6. The van der Waals surface area contributed by atoms with Gasteiger partial charge in [-0.05, 0) is 32.1 Å². The second-order valence-corrected chi connectivity index (χ2v) is 4.58.